The second kappa shape index (κ2) is 12.5. The van der Waals surface area contributed by atoms with Crippen LogP contribution in [0.1, 0.15) is 12.0 Å². The van der Waals surface area contributed by atoms with Crippen molar-refractivity contribution in [2.75, 3.05) is 25.2 Å². The summed E-state index contributed by atoms with van der Waals surface area (Å²) in [7, 11) is 0. The average molecular weight is 397 g/mol. The van der Waals surface area contributed by atoms with E-state index in [2.05, 4.69) is 22.5 Å². The quantitative estimate of drug-likeness (QED) is 0.639. The molecule has 0 saturated carbocycles. The van der Waals surface area contributed by atoms with Crippen molar-refractivity contribution in [2.45, 2.75) is 12.5 Å². The number of ether oxygens (including phenoxy) is 1. The van der Waals surface area contributed by atoms with Crippen LogP contribution in [-0.4, -0.2) is 43.0 Å². The normalized spacial score (nSPS) is 10.9. The molecule has 28 heavy (non-hydrogen) atoms. The van der Waals surface area contributed by atoms with E-state index in [-0.39, 0.29) is 25.0 Å². The van der Waals surface area contributed by atoms with Crippen molar-refractivity contribution >= 4 is 23.6 Å². The second-order valence-electron chi connectivity index (χ2n) is 5.89. The summed E-state index contributed by atoms with van der Waals surface area (Å²) < 4.78 is 5.43. The van der Waals surface area contributed by atoms with Gasteiger partial charge in [-0.15, -0.1) is 0 Å². The third kappa shape index (κ3) is 8.19. The molecule has 0 aliphatic carbocycles. The number of hydrogen-bond donors (Lipinski definition) is 2. The topological polar surface area (TPSA) is 67.4 Å². The molecule has 1 atom stereocenters. The van der Waals surface area contributed by atoms with E-state index in [1.807, 2.05) is 54.8 Å². The summed E-state index contributed by atoms with van der Waals surface area (Å²) in [6.45, 7) is 0.0841. The Kier molecular flexibility index (Phi) is 9.53. The zero-order valence-electron chi connectivity index (χ0n) is 15.8. The molecule has 6 heteroatoms. The molecule has 0 heterocycles. The Balaban J connectivity index is 1.82. The molecule has 0 saturated heterocycles. The van der Waals surface area contributed by atoms with Gasteiger partial charge < -0.3 is 15.4 Å². The lowest BCUT2D eigenvalue weighted by atomic mass is 10.2. The van der Waals surface area contributed by atoms with Gasteiger partial charge in [0.25, 0.3) is 5.91 Å². The Morgan fingerprint density at radius 2 is 1.75 bits per heavy atom. The molecule has 2 aromatic rings. The number of benzene rings is 2. The van der Waals surface area contributed by atoms with Gasteiger partial charge in [0.15, 0.2) is 6.61 Å². The minimum Gasteiger partial charge on any atom is -0.484 e. The third-order valence-corrected chi connectivity index (χ3v) is 4.38. The van der Waals surface area contributed by atoms with Gasteiger partial charge in [-0.05, 0) is 42.7 Å². The number of para-hydroxylation sites is 1. The number of hydrogen-bond acceptors (Lipinski definition) is 4. The summed E-state index contributed by atoms with van der Waals surface area (Å²) >= 11 is 1.62. The van der Waals surface area contributed by atoms with Crippen LogP contribution in [0, 0.1) is 11.8 Å². The maximum absolute atomic E-state index is 12.4. The highest BCUT2D eigenvalue weighted by molar-refractivity contribution is 7.98. The Hall–Kier alpha value is -2.91. The standard InChI is InChI=1S/C22H24N2O3S/c1-28-16-14-20(24-21(25)17-27-19-12-6-3-7-13-19)22(26)23-15-8-11-18-9-4-2-5-10-18/h2-7,9-10,12-13,20H,14-17H2,1H3,(H,23,26)(H,24,25). The van der Waals surface area contributed by atoms with Gasteiger partial charge in [-0.2, -0.15) is 11.8 Å². The summed E-state index contributed by atoms with van der Waals surface area (Å²) in [6.07, 6.45) is 2.50. The zero-order valence-corrected chi connectivity index (χ0v) is 16.6. The Morgan fingerprint density at radius 1 is 1.07 bits per heavy atom. The van der Waals surface area contributed by atoms with Gasteiger partial charge in [0.2, 0.25) is 5.91 Å². The molecule has 2 rings (SSSR count). The van der Waals surface area contributed by atoms with Crippen molar-refractivity contribution < 1.29 is 14.3 Å². The molecular formula is C22H24N2O3S. The molecule has 2 N–H and O–H groups in total. The predicted octanol–water partition coefficient (Wildman–Crippen LogP) is 2.47. The van der Waals surface area contributed by atoms with Gasteiger partial charge in [0.1, 0.15) is 11.8 Å². The smallest absolute Gasteiger partial charge is 0.258 e. The van der Waals surface area contributed by atoms with Gasteiger partial charge in [-0.3, -0.25) is 9.59 Å². The molecule has 0 aliphatic rings. The van der Waals surface area contributed by atoms with Crippen molar-refractivity contribution in [2.24, 2.45) is 0 Å². The highest BCUT2D eigenvalue weighted by atomic mass is 32.2. The van der Waals surface area contributed by atoms with Crippen LogP contribution in [0.3, 0.4) is 0 Å². The second-order valence-corrected chi connectivity index (χ2v) is 6.87. The van der Waals surface area contributed by atoms with Crippen molar-refractivity contribution in [3.8, 4) is 17.6 Å². The highest BCUT2D eigenvalue weighted by Gasteiger charge is 2.20. The SMILES string of the molecule is CSCCC(NC(=O)COc1ccccc1)C(=O)NCC#Cc1ccccc1. The molecule has 5 nitrogen and oxygen atoms in total. The minimum atomic E-state index is -0.613. The van der Waals surface area contributed by atoms with Crippen LogP contribution >= 0.6 is 11.8 Å². The summed E-state index contributed by atoms with van der Waals surface area (Å²) in [4.78, 5) is 24.6. The van der Waals surface area contributed by atoms with E-state index in [1.54, 1.807) is 23.9 Å². The van der Waals surface area contributed by atoms with Crippen LogP contribution in [0.4, 0.5) is 0 Å². The maximum Gasteiger partial charge on any atom is 0.258 e. The van der Waals surface area contributed by atoms with Crippen LogP contribution in [0.2, 0.25) is 0 Å². The molecule has 0 bridgehead atoms. The first kappa shape index (κ1) is 21.4. The lowest BCUT2D eigenvalue weighted by molar-refractivity contribution is -0.129. The van der Waals surface area contributed by atoms with Crippen molar-refractivity contribution in [1.29, 1.82) is 0 Å². The Labute approximate surface area is 170 Å². The van der Waals surface area contributed by atoms with Gasteiger partial charge in [-0.25, -0.2) is 0 Å². The maximum atomic E-state index is 12.4. The van der Waals surface area contributed by atoms with Gasteiger partial charge in [0.05, 0.1) is 6.54 Å². The van der Waals surface area contributed by atoms with Gasteiger partial charge in [0, 0.05) is 5.56 Å². The van der Waals surface area contributed by atoms with Crippen LogP contribution < -0.4 is 15.4 Å². The van der Waals surface area contributed by atoms with E-state index < -0.39 is 6.04 Å². The molecule has 146 valence electrons. The number of rotatable bonds is 9. The molecule has 1 unspecified atom stereocenters. The van der Waals surface area contributed by atoms with Gasteiger partial charge in [-0.1, -0.05) is 48.2 Å². The molecule has 2 aromatic carbocycles. The van der Waals surface area contributed by atoms with E-state index in [4.69, 9.17) is 4.74 Å². The summed E-state index contributed by atoms with van der Waals surface area (Å²) in [6, 6.07) is 18.0. The lowest BCUT2D eigenvalue weighted by Crippen LogP contribution is -2.48. The first-order valence-electron chi connectivity index (χ1n) is 8.97. The summed E-state index contributed by atoms with van der Waals surface area (Å²) in [5.41, 5.74) is 0.891. The van der Waals surface area contributed by atoms with Crippen LogP contribution in [0.15, 0.2) is 60.7 Å². The number of carbonyl (C=O) groups excluding carboxylic acids is 2. The van der Waals surface area contributed by atoms with E-state index in [9.17, 15) is 9.59 Å². The molecule has 0 fully saturated rings. The number of amides is 2. The van der Waals surface area contributed by atoms with Crippen LogP contribution in [-0.2, 0) is 9.59 Å². The monoisotopic (exact) mass is 396 g/mol. The lowest BCUT2D eigenvalue weighted by Gasteiger charge is -2.17. The predicted molar refractivity (Wildman–Crippen MR) is 113 cm³/mol. The number of thioether (sulfide) groups is 1. The molecule has 2 amide bonds. The van der Waals surface area contributed by atoms with Crippen LogP contribution in [0.25, 0.3) is 0 Å². The van der Waals surface area contributed by atoms with E-state index in [0.717, 1.165) is 11.3 Å². The summed E-state index contributed by atoms with van der Waals surface area (Å²) in [5, 5.41) is 5.51. The van der Waals surface area contributed by atoms with Crippen molar-refractivity contribution in [3.63, 3.8) is 0 Å². The first-order chi connectivity index (χ1) is 13.7. The highest BCUT2D eigenvalue weighted by Crippen LogP contribution is 2.08. The molecule has 0 aromatic heterocycles. The fourth-order valence-corrected chi connectivity index (χ4v) is 2.80. The minimum absolute atomic E-state index is 0.138. The van der Waals surface area contributed by atoms with Crippen molar-refractivity contribution in [3.05, 3.63) is 66.2 Å². The number of nitrogens with one attached hydrogen (secondary N) is 2. The molecule has 0 spiro atoms. The summed E-state index contributed by atoms with van der Waals surface area (Å²) in [5.74, 6) is 6.69. The Bertz CT molecular complexity index is 801. The average Bonchev–Trinajstić information content (AvgIpc) is 2.74. The van der Waals surface area contributed by atoms with Crippen LogP contribution in [0.5, 0.6) is 5.75 Å². The fraction of sp³-hybridized carbons (Fsp3) is 0.273. The van der Waals surface area contributed by atoms with E-state index in [0.29, 0.717) is 12.2 Å². The molecular weight excluding hydrogens is 372 g/mol. The molecule has 0 radical (unpaired) electrons. The first-order valence-corrected chi connectivity index (χ1v) is 10.4. The molecule has 0 aliphatic heterocycles. The zero-order chi connectivity index (χ0) is 20.0. The Morgan fingerprint density at radius 3 is 2.43 bits per heavy atom. The number of carbonyl (C=O) groups is 2. The van der Waals surface area contributed by atoms with E-state index >= 15 is 0 Å². The van der Waals surface area contributed by atoms with Gasteiger partial charge >= 0.3 is 0 Å². The largest absolute Gasteiger partial charge is 0.484 e. The van der Waals surface area contributed by atoms with E-state index in [1.165, 1.54) is 0 Å². The fourth-order valence-electron chi connectivity index (χ4n) is 2.33. The van der Waals surface area contributed by atoms with Crippen molar-refractivity contribution in [1.82, 2.24) is 10.6 Å². The third-order valence-electron chi connectivity index (χ3n) is 3.73.